The highest BCUT2D eigenvalue weighted by Gasteiger charge is 2.49. The molecule has 1 aromatic heterocycles. The number of carbonyl (C=O) groups is 2. The van der Waals surface area contributed by atoms with Gasteiger partial charge in [0.15, 0.2) is 40.6 Å². The number of fused-ring (bicyclic) bond motifs is 1. The van der Waals surface area contributed by atoms with Crippen molar-refractivity contribution in [2.24, 2.45) is 0 Å². The Hall–Kier alpha value is -4.73. The van der Waals surface area contributed by atoms with Gasteiger partial charge in [-0.05, 0) is 18.2 Å². The van der Waals surface area contributed by atoms with Crippen LogP contribution in [0.15, 0.2) is 39.5 Å². The highest BCUT2D eigenvalue weighted by Crippen LogP contribution is 2.44. The molecular weight excluding hydrogens is 640 g/mol. The van der Waals surface area contributed by atoms with Gasteiger partial charge in [-0.1, -0.05) is 0 Å². The largest absolute Gasteiger partial charge is 0.504 e. The van der Waals surface area contributed by atoms with Gasteiger partial charge in [0, 0.05) is 17.7 Å². The number of aliphatic hydroxyl groups is 6. The second kappa shape index (κ2) is 12.8. The van der Waals surface area contributed by atoms with Gasteiger partial charge >= 0.3 is 11.9 Å². The molecule has 10 unspecified atom stereocenters. The van der Waals surface area contributed by atoms with E-state index in [1.807, 2.05) is 0 Å². The lowest BCUT2D eigenvalue weighted by Gasteiger charge is -2.38. The van der Waals surface area contributed by atoms with Gasteiger partial charge in [0.05, 0.1) is 7.11 Å². The van der Waals surface area contributed by atoms with Crippen molar-refractivity contribution < 1.29 is 88.8 Å². The van der Waals surface area contributed by atoms with Crippen LogP contribution in [0.5, 0.6) is 28.7 Å². The summed E-state index contributed by atoms with van der Waals surface area (Å²) in [5.74, 6) is -6.22. The zero-order valence-corrected chi connectivity index (χ0v) is 23.8. The average Bonchev–Trinajstić information content (AvgIpc) is 3.01. The minimum atomic E-state index is -2.01. The van der Waals surface area contributed by atoms with Gasteiger partial charge in [-0.2, -0.15) is 0 Å². The molecule has 2 fully saturated rings. The van der Waals surface area contributed by atoms with E-state index < -0.39 is 107 Å². The molecule has 10 N–H and O–H groups in total. The molecule has 5 rings (SSSR count). The molecule has 2 aliphatic heterocycles. The number of carboxylic acid groups (broad SMARTS) is 2. The van der Waals surface area contributed by atoms with E-state index >= 15 is 0 Å². The molecule has 2 aliphatic rings. The Labute approximate surface area is 261 Å². The van der Waals surface area contributed by atoms with Crippen LogP contribution in [0.1, 0.15) is 0 Å². The van der Waals surface area contributed by atoms with E-state index in [1.54, 1.807) is 0 Å². The van der Waals surface area contributed by atoms with E-state index in [1.165, 1.54) is 6.07 Å². The van der Waals surface area contributed by atoms with Crippen molar-refractivity contribution in [2.45, 2.75) is 61.4 Å². The van der Waals surface area contributed by atoms with Crippen molar-refractivity contribution in [1.29, 1.82) is 0 Å². The highest BCUT2D eigenvalue weighted by molar-refractivity contribution is 5.89. The number of hydrogen-bond acceptors (Lipinski definition) is 17. The van der Waals surface area contributed by atoms with Crippen LogP contribution in [0.2, 0.25) is 0 Å². The van der Waals surface area contributed by atoms with Crippen molar-refractivity contribution in [3.05, 3.63) is 40.6 Å². The minimum Gasteiger partial charge on any atom is -0.504 e. The van der Waals surface area contributed by atoms with Crippen LogP contribution in [-0.2, 0) is 19.1 Å². The van der Waals surface area contributed by atoms with E-state index in [-0.39, 0.29) is 22.7 Å². The molecular formula is C28H28O19. The highest BCUT2D eigenvalue weighted by atomic mass is 16.7. The molecule has 19 nitrogen and oxygen atoms in total. The quantitative estimate of drug-likeness (QED) is 0.118. The lowest BCUT2D eigenvalue weighted by molar-refractivity contribution is -0.271. The number of rotatable bonds is 8. The first kappa shape index (κ1) is 33.6. The van der Waals surface area contributed by atoms with Crippen molar-refractivity contribution in [2.75, 3.05) is 7.11 Å². The number of methoxy groups -OCH3 is 1. The number of phenolic OH excluding ortho intramolecular Hbond substituents is 2. The Balaban J connectivity index is 1.46. The maximum absolute atomic E-state index is 13.1. The molecule has 3 heterocycles. The van der Waals surface area contributed by atoms with E-state index in [9.17, 15) is 65.4 Å². The summed E-state index contributed by atoms with van der Waals surface area (Å²) in [5.41, 5.74) is -1.11. The summed E-state index contributed by atoms with van der Waals surface area (Å²) in [6.45, 7) is 0. The van der Waals surface area contributed by atoms with Gasteiger partial charge in [0.25, 0.3) is 0 Å². The van der Waals surface area contributed by atoms with Crippen LogP contribution < -0.4 is 19.6 Å². The molecule has 0 bridgehead atoms. The molecule has 0 radical (unpaired) electrons. The Morgan fingerprint density at radius 2 is 1.26 bits per heavy atom. The van der Waals surface area contributed by atoms with Crippen LogP contribution in [-0.4, -0.2) is 132 Å². The van der Waals surface area contributed by atoms with E-state index in [0.29, 0.717) is 0 Å². The third-order valence-electron chi connectivity index (χ3n) is 7.47. The summed E-state index contributed by atoms with van der Waals surface area (Å²) in [5, 5.41) is 100.0. The molecule has 19 heteroatoms. The fourth-order valence-corrected chi connectivity index (χ4v) is 5.01. The van der Waals surface area contributed by atoms with Gasteiger partial charge in [-0.15, -0.1) is 0 Å². The van der Waals surface area contributed by atoms with Crippen molar-refractivity contribution in [1.82, 2.24) is 0 Å². The molecule has 0 amide bonds. The van der Waals surface area contributed by atoms with E-state index in [2.05, 4.69) is 0 Å². The van der Waals surface area contributed by atoms with Gasteiger partial charge in [-0.3, -0.25) is 4.79 Å². The SMILES string of the molecule is COc1c(OC2OC(C(=O)O)C(O)C(O)C2O)cc2oc(-c3ccc(OC4OC(C(=O)O)C(O)C(O)C4O)c(O)c3)cc(=O)c2c1O. The van der Waals surface area contributed by atoms with Gasteiger partial charge in [0.1, 0.15) is 53.4 Å². The van der Waals surface area contributed by atoms with Crippen molar-refractivity contribution in [3.63, 3.8) is 0 Å². The fraction of sp³-hybridized carbons (Fsp3) is 0.393. The smallest absolute Gasteiger partial charge is 0.335 e. The number of aromatic hydroxyl groups is 2. The van der Waals surface area contributed by atoms with Gasteiger partial charge in [-0.25, -0.2) is 9.59 Å². The Morgan fingerprint density at radius 1 is 0.723 bits per heavy atom. The zero-order valence-electron chi connectivity index (χ0n) is 23.8. The summed E-state index contributed by atoms with van der Waals surface area (Å²) in [7, 11) is 1.09. The predicted octanol–water partition coefficient (Wildman–Crippen LogP) is -2.58. The standard InChI is InChI=1S/C28H28O19/c1-42-22-13(45-28-21(37)17(33)19(35)24(47-28)26(40)41)6-12-14(15(22)31)9(30)5-11(43-12)7-2-3-10(8(29)4-7)44-27-20(36)16(32)18(34)23(46-27)25(38)39/h2-6,16-21,23-24,27-29,31-37H,1H3,(H,38,39)(H,40,41). The van der Waals surface area contributed by atoms with Crippen LogP contribution >= 0.6 is 0 Å². The first-order chi connectivity index (χ1) is 22.1. The average molecular weight is 669 g/mol. The Morgan fingerprint density at radius 3 is 1.74 bits per heavy atom. The van der Waals surface area contributed by atoms with Crippen molar-refractivity contribution >= 4 is 22.9 Å². The lowest BCUT2D eigenvalue weighted by Crippen LogP contribution is -2.61. The molecule has 0 spiro atoms. The molecule has 2 aromatic carbocycles. The first-order valence-corrected chi connectivity index (χ1v) is 13.5. The van der Waals surface area contributed by atoms with E-state index in [0.717, 1.165) is 31.4 Å². The normalized spacial score (nSPS) is 30.9. The first-order valence-electron chi connectivity index (χ1n) is 13.5. The third-order valence-corrected chi connectivity index (χ3v) is 7.47. The van der Waals surface area contributed by atoms with Crippen LogP contribution in [0.4, 0.5) is 0 Å². The van der Waals surface area contributed by atoms with Gasteiger partial charge in [0.2, 0.25) is 18.3 Å². The molecule has 47 heavy (non-hydrogen) atoms. The summed E-state index contributed by atoms with van der Waals surface area (Å²) < 4.78 is 31.9. The number of hydrogen-bond donors (Lipinski definition) is 10. The molecule has 254 valence electrons. The number of ether oxygens (including phenoxy) is 5. The minimum absolute atomic E-state index is 0.0445. The molecule has 2 saturated heterocycles. The Bertz CT molecular complexity index is 1740. The van der Waals surface area contributed by atoms with E-state index in [4.69, 9.17) is 28.1 Å². The topological polar surface area (TPSA) is 313 Å². The van der Waals surface area contributed by atoms with Crippen LogP contribution in [0.3, 0.4) is 0 Å². The maximum Gasteiger partial charge on any atom is 0.335 e. The van der Waals surface area contributed by atoms with Gasteiger partial charge < -0.3 is 79.2 Å². The number of aliphatic carboxylic acids is 2. The fourth-order valence-electron chi connectivity index (χ4n) is 5.01. The summed E-state index contributed by atoms with van der Waals surface area (Å²) in [6, 6.07) is 5.41. The van der Waals surface area contributed by atoms with Crippen LogP contribution in [0, 0.1) is 0 Å². The number of phenols is 2. The molecule has 0 saturated carbocycles. The number of carboxylic acids is 2. The van der Waals surface area contributed by atoms with Crippen LogP contribution in [0.25, 0.3) is 22.3 Å². The Kier molecular flexibility index (Phi) is 9.17. The number of benzene rings is 2. The molecule has 0 aliphatic carbocycles. The molecule has 10 atom stereocenters. The predicted molar refractivity (Wildman–Crippen MR) is 148 cm³/mol. The second-order valence-corrected chi connectivity index (χ2v) is 10.5. The monoisotopic (exact) mass is 668 g/mol. The summed E-state index contributed by atoms with van der Waals surface area (Å²) in [4.78, 5) is 35.9. The number of aliphatic hydroxyl groups excluding tert-OH is 6. The summed E-state index contributed by atoms with van der Waals surface area (Å²) >= 11 is 0. The maximum atomic E-state index is 13.1. The zero-order chi connectivity index (χ0) is 34.5. The third kappa shape index (κ3) is 6.08. The second-order valence-electron chi connectivity index (χ2n) is 10.5. The molecule has 3 aromatic rings. The van der Waals surface area contributed by atoms with Crippen molar-refractivity contribution in [3.8, 4) is 40.1 Å². The summed E-state index contributed by atoms with van der Waals surface area (Å²) in [6.07, 6.45) is -19.6. The lowest BCUT2D eigenvalue weighted by atomic mass is 9.99.